The van der Waals surface area contributed by atoms with Crippen molar-refractivity contribution in [2.45, 2.75) is 94.6 Å². The summed E-state index contributed by atoms with van der Waals surface area (Å²) in [5, 5.41) is 3.79. The first-order valence-electron chi connectivity index (χ1n) is 16.7. The van der Waals surface area contributed by atoms with Crippen LogP contribution in [-0.4, -0.2) is 78.3 Å². The number of Topliss-reactive ketones (excluding diaryl/α,β-unsaturated/α-hetero) is 1. The number of nitrogens with two attached hydrogens (primary N) is 1. The molecule has 1 aromatic heterocycles. The fraction of sp³-hybridized carbons (Fsp3) is 0.657. The Labute approximate surface area is 256 Å². The Morgan fingerprint density at radius 3 is 2.72 bits per heavy atom. The highest BCUT2D eigenvalue weighted by molar-refractivity contribution is 5.82. The maximum atomic E-state index is 13.7. The lowest BCUT2D eigenvalue weighted by Crippen LogP contribution is -2.55. The van der Waals surface area contributed by atoms with E-state index in [4.69, 9.17) is 10.7 Å². The number of halogens is 2. The zero-order valence-corrected chi connectivity index (χ0v) is 25.7. The minimum absolute atomic E-state index is 0.113. The normalized spacial score (nSPS) is 23.6. The number of benzene rings is 1. The molecule has 2 fully saturated rings. The SMILES string of the molecule is NCCCCN(C[C@@H]1CN(CC[C@H](CC(=O)C2CCC(F)(F)CC2)c2ccccc2)CCN1)[C@H]1CCCc2cccnc21. The molecule has 2 heterocycles. The second-order valence-electron chi connectivity index (χ2n) is 13.1. The van der Waals surface area contributed by atoms with Gasteiger partial charge in [0.05, 0.1) is 11.7 Å². The van der Waals surface area contributed by atoms with Gasteiger partial charge in [-0.1, -0.05) is 36.4 Å². The highest BCUT2D eigenvalue weighted by atomic mass is 19.3. The van der Waals surface area contributed by atoms with Crippen LogP contribution in [0.15, 0.2) is 48.7 Å². The van der Waals surface area contributed by atoms with E-state index in [-0.39, 0.29) is 30.5 Å². The van der Waals surface area contributed by atoms with Gasteiger partial charge in [-0.25, -0.2) is 8.78 Å². The third kappa shape index (κ3) is 9.13. The van der Waals surface area contributed by atoms with E-state index in [2.05, 4.69) is 39.4 Å². The lowest BCUT2D eigenvalue weighted by molar-refractivity contribution is -0.127. The van der Waals surface area contributed by atoms with Crippen LogP contribution in [0.25, 0.3) is 0 Å². The number of hydrogen-bond acceptors (Lipinski definition) is 6. The predicted octanol–water partition coefficient (Wildman–Crippen LogP) is 5.73. The molecule has 1 saturated heterocycles. The monoisotopic (exact) mass is 595 g/mol. The number of unbranched alkanes of at least 4 members (excludes halogenated alkanes) is 1. The Hall–Kier alpha value is -2.26. The molecule has 0 spiro atoms. The van der Waals surface area contributed by atoms with E-state index in [0.29, 0.717) is 31.3 Å². The van der Waals surface area contributed by atoms with E-state index < -0.39 is 5.92 Å². The van der Waals surface area contributed by atoms with Gasteiger partial charge in [0.2, 0.25) is 5.92 Å². The van der Waals surface area contributed by atoms with Crippen LogP contribution in [0.5, 0.6) is 0 Å². The number of carbonyl (C=O) groups excluding carboxylic acids is 1. The first-order chi connectivity index (χ1) is 20.9. The van der Waals surface area contributed by atoms with Crippen molar-refractivity contribution in [2.75, 3.05) is 45.8 Å². The number of aryl methyl sites for hydroxylation is 1. The molecule has 6 nitrogen and oxygen atoms in total. The molecule has 2 aliphatic carbocycles. The average Bonchev–Trinajstić information content (AvgIpc) is 3.03. The number of ketones is 1. The quantitative estimate of drug-likeness (QED) is 0.272. The molecular weight excluding hydrogens is 544 g/mol. The molecule has 0 unspecified atom stereocenters. The Morgan fingerprint density at radius 2 is 1.93 bits per heavy atom. The van der Waals surface area contributed by atoms with Crippen LogP contribution in [0, 0.1) is 5.92 Å². The predicted molar refractivity (Wildman–Crippen MR) is 168 cm³/mol. The molecule has 3 aliphatic rings. The summed E-state index contributed by atoms with van der Waals surface area (Å²) in [4.78, 5) is 23.3. The van der Waals surface area contributed by atoms with Crippen LogP contribution in [0.3, 0.4) is 0 Å². The highest BCUT2D eigenvalue weighted by Gasteiger charge is 2.38. The summed E-state index contributed by atoms with van der Waals surface area (Å²) in [6, 6.07) is 15.3. The van der Waals surface area contributed by atoms with E-state index in [1.54, 1.807) is 0 Å². The summed E-state index contributed by atoms with van der Waals surface area (Å²) >= 11 is 0. The fourth-order valence-corrected chi connectivity index (χ4v) is 7.50. The minimum atomic E-state index is -2.61. The Balaban J connectivity index is 1.20. The van der Waals surface area contributed by atoms with E-state index in [1.165, 1.54) is 23.2 Å². The van der Waals surface area contributed by atoms with Gasteiger partial charge in [0, 0.05) is 63.6 Å². The van der Waals surface area contributed by atoms with Crippen molar-refractivity contribution in [1.29, 1.82) is 0 Å². The highest BCUT2D eigenvalue weighted by Crippen LogP contribution is 2.38. The number of fused-ring (bicyclic) bond motifs is 1. The molecule has 3 atom stereocenters. The molecule has 5 rings (SSSR count). The van der Waals surface area contributed by atoms with E-state index in [1.807, 2.05) is 24.4 Å². The Bertz CT molecular complexity index is 1140. The molecule has 8 heteroatoms. The summed E-state index contributed by atoms with van der Waals surface area (Å²) in [5.41, 5.74) is 9.68. The van der Waals surface area contributed by atoms with Crippen molar-refractivity contribution in [2.24, 2.45) is 11.7 Å². The average molecular weight is 596 g/mol. The zero-order valence-electron chi connectivity index (χ0n) is 25.7. The lowest BCUT2D eigenvalue weighted by Gasteiger charge is -2.41. The van der Waals surface area contributed by atoms with Crippen molar-refractivity contribution in [3.05, 3.63) is 65.5 Å². The largest absolute Gasteiger partial charge is 0.330 e. The van der Waals surface area contributed by atoms with Gasteiger partial charge in [0.25, 0.3) is 0 Å². The molecule has 43 heavy (non-hydrogen) atoms. The number of rotatable bonds is 14. The van der Waals surface area contributed by atoms with Gasteiger partial charge in [-0.2, -0.15) is 0 Å². The number of alkyl halides is 2. The van der Waals surface area contributed by atoms with Crippen LogP contribution >= 0.6 is 0 Å². The number of nitrogens with one attached hydrogen (secondary N) is 1. The van der Waals surface area contributed by atoms with Crippen molar-refractivity contribution in [3.63, 3.8) is 0 Å². The maximum Gasteiger partial charge on any atom is 0.248 e. The number of aromatic nitrogens is 1. The topological polar surface area (TPSA) is 74.5 Å². The molecule has 0 amide bonds. The van der Waals surface area contributed by atoms with Gasteiger partial charge in [0.1, 0.15) is 5.78 Å². The molecule has 236 valence electrons. The smallest absolute Gasteiger partial charge is 0.248 e. The molecular formula is C35H51F2N5O. The standard InChI is InChI=1S/C35H51F2N5O/c36-35(37)16-13-28(14-17-35)33(43)24-30(27-8-2-1-3-9-27)15-22-41-23-20-39-31(25-41)26-42(21-5-4-18-38)32-12-6-10-29-11-7-19-40-34(29)32/h1-3,7-9,11,19,28,30-32,39H,4-6,10,12-18,20-26,38H2/t30-,31+,32+/m1/s1. The van der Waals surface area contributed by atoms with Gasteiger partial charge < -0.3 is 16.0 Å². The lowest BCUT2D eigenvalue weighted by atomic mass is 9.80. The molecule has 1 aliphatic heterocycles. The fourth-order valence-electron chi connectivity index (χ4n) is 7.50. The van der Waals surface area contributed by atoms with E-state index in [9.17, 15) is 13.6 Å². The van der Waals surface area contributed by atoms with Crippen LogP contribution in [0.2, 0.25) is 0 Å². The summed E-state index contributed by atoms with van der Waals surface area (Å²) in [5.74, 6) is -2.55. The van der Waals surface area contributed by atoms with Crippen molar-refractivity contribution in [1.82, 2.24) is 20.1 Å². The number of nitrogens with zero attached hydrogens (tertiary/aromatic N) is 3. The number of pyridine rings is 1. The van der Waals surface area contributed by atoms with E-state index in [0.717, 1.165) is 77.9 Å². The van der Waals surface area contributed by atoms with Crippen LogP contribution in [0.1, 0.15) is 93.0 Å². The molecule has 0 radical (unpaired) electrons. The van der Waals surface area contributed by atoms with Crippen molar-refractivity contribution in [3.8, 4) is 0 Å². The number of hydrogen-bond donors (Lipinski definition) is 2. The molecule has 0 bridgehead atoms. The van der Waals surface area contributed by atoms with Crippen LogP contribution < -0.4 is 11.1 Å². The summed E-state index contributed by atoms with van der Waals surface area (Å²) in [6.45, 7) is 6.57. The first kappa shape index (κ1) is 32.1. The van der Waals surface area contributed by atoms with Gasteiger partial charge in [0.15, 0.2) is 0 Å². The summed E-state index contributed by atoms with van der Waals surface area (Å²) in [7, 11) is 0. The van der Waals surface area contributed by atoms with Crippen molar-refractivity contribution < 1.29 is 13.6 Å². The molecule has 2 aromatic rings. The third-order valence-corrected chi connectivity index (χ3v) is 9.98. The van der Waals surface area contributed by atoms with Crippen LogP contribution in [-0.2, 0) is 11.2 Å². The summed E-state index contributed by atoms with van der Waals surface area (Å²) < 4.78 is 27.4. The number of carbonyl (C=O) groups is 1. The minimum Gasteiger partial charge on any atom is -0.330 e. The van der Waals surface area contributed by atoms with Gasteiger partial charge >= 0.3 is 0 Å². The van der Waals surface area contributed by atoms with Crippen LogP contribution in [0.4, 0.5) is 8.78 Å². The second-order valence-corrected chi connectivity index (χ2v) is 13.1. The Kier molecular flexibility index (Phi) is 11.7. The molecule has 1 aromatic carbocycles. The first-order valence-corrected chi connectivity index (χ1v) is 16.7. The molecule has 3 N–H and O–H groups in total. The zero-order chi connectivity index (χ0) is 30.1. The Morgan fingerprint density at radius 1 is 1.12 bits per heavy atom. The van der Waals surface area contributed by atoms with Gasteiger partial charge in [-0.15, -0.1) is 0 Å². The number of piperazine rings is 1. The maximum absolute atomic E-state index is 13.7. The van der Waals surface area contributed by atoms with Gasteiger partial charge in [-0.05, 0) is 94.1 Å². The molecule has 1 saturated carbocycles. The van der Waals surface area contributed by atoms with Gasteiger partial charge in [-0.3, -0.25) is 14.7 Å². The summed E-state index contributed by atoms with van der Waals surface area (Å²) in [6.07, 6.45) is 9.17. The van der Waals surface area contributed by atoms with E-state index >= 15 is 0 Å². The third-order valence-electron chi connectivity index (χ3n) is 9.98. The second kappa shape index (κ2) is 15.6. The van der Waals surface area contributed by atoms with Crippen molar-refractivity contribution >= 4 is 5.78 Å².